The summed E-state index contributed by atoms with van der Waals surface area (Å²) in [6, 6.07) is 24.2. The van der Waals surface area contributed by atoms with Crippen LogP contribution in [-0.4, -0.2) is 51.6 Å². The lowest BCUT2D eigenvalue weighted by molar-refractivity contribution is -0.128. The molecule has 0 saturated carbocycles. The topological polar surface area (TPSA) is 57.8 Å². The molecular weight excluding hydrogens is 494 g/mol. The minimum absolute atomic E-state index is 0.0721. The number of rotatable bonds is 8. The van der Waals surface area contributed by atoms with Gasteiger partial charge in [-0.15, -0.1) is 0 Å². The van der Waals surface area contributed by atoms with Gasteiger partial charge in [-0.05, 0) is 67.4 Å². The lowest BCUT2D eigenvalue weighted by Crippen LogP contribution is -2.44. The van der Waals surface area contributed by atoms with Crippen molar-refractivity contribution in [3.8, 4) is 11.5 Å². The van der Waals surface area contributed by atoms with Gasteiger partial charge in [-0.2, -0.15) is 0 Å². The molecule has 1 saturated heterocycles. The van der Waals surface area contributed by atoms with E-state index in [1.165, 1.54) is 10.9 Å². The number of carbonyl (C=O) groups excluding carboxylic acids is 1. The van der Waals surface area contributed by atoms with E-state index in [1.54, 1.807) is 4.90 Å². The number of hydrogen-bond donors (Lipinski definition) is 1. The van der Waals surface area contributed by atoms with Crippen molar-refractivity contribution in [2.45, 2.75) is 38.8 Å². The summed E-state index contributed by atoms with van der Waals surface area (Å²) in [7, 11) is 0. The smallest absolute Gasteiger partial charge is 0.251 e. The van der Waals surface area contributed by atoms with Crippen molar-refractivity contribution in [2.24, 2.45) is 0 Å². The van der Waals surface area contributed by atoms with Gasteiger partial charge in [0.25, 0.3) is 5.91 Å². The third-order valence-electron chi connectivity index (χ3n) is 7.48. The number of hydrogen-bond acceptors (Lipinski definition) is 4. The Morgan fingerprint density at radius 3 is 2.47 bits per heavy atom. The van der Waals surface area contributed by atoms with Gasteiger partial charge in [-0.3, -0.25) is 9.69 Å². The highest BCUT2D eigenvalue weighted by molar-refractivity contribution is 7.80. The number of H-pyrrole nitrogens is 1. The molecule has 2 aliphatic heterocycles. The maximum atomic E-state index is 13.9. The van der Waals surface area contributed by atoms with Crippen LogP contribution < -0.4 is 9.47 Å². The average molecular weight is 526 g/mol. The number of ether oxygens (including phenoxy) is 2. The molecule has 1 amide bonds. The lowest BCUT2D eigenvalue weighted by Gasteiger charge is -2.37. The van der Waals surface area contributed by atoms with Crippen molar-refractivity contribution in [2.75, 3.05) is 19.8 Å². The number of fused-ring (bicyclic) bond motifs is 4. The summed E-state index contributed by atoms with van der Waals surface area (Å²) >= 11 is 6.01. The van der Waals surface area contributed by atoms with Crippen LogP contribution in [0.1, 0.15) is 42.3 Å². The third-order valence-corrected chi connectivity index (χ3v) is 7.91. The predicted octanol–water partition coefficient (Wildman–Crippen LogP) is 5.65. The minimum atomic E-state index is -0.321. The standard InChI is InChI=1S/C31H31N3O3S/c1-3-36-26-15-14-20(18-27(26)37-4-2)16-17-33-30(35)25-19-23-22-12-8-9-13-24(22)32-28(23)29(34(25)31(33)38)21-10-6-5-7-11-21/h5-15,18,25,29,32H,3-4,16-17,19H2,1-2H3/t25-,29-/m0/s1. The van der Waals surface area contributed by atoms with Gasteiger partial charge in [0, 0.05) is 29.6 Å². The van der Waals surface area contributed by atoms with E-state index in [4.69, 9.17) is 21.7 Å². The Balaban J connectivity index is 1.31. The Labute approximate surface area is 228 Å². The summed E-state index contributed by atoms with van der Waals surface area (Å²) in [5.41, 5.74) is 5.62. The number of thiocarbonyl (C=S) groups is 1. The van der Waals surface area contributed by atoms with Crippen LogP contribution >= 0.6 is 12.2 Å². The summed E-state index contributed by atoms with van der Waals surface area (Å²) in [6.45, 7) is 5.57. The monoisotopic (exact) mass is 525 g/mol. The van der Waals surface area contributed by atoms with Crippen LogP contribution in [-0.2, 0) is 17.6 Å². The Bertz CT molecular complexity index is 1500. The van der Waals surface area contributed by atoms with E-state index in [0.29, 0.717) is 37.7 Å². The Kier molecular flexibility index (Phi) is 6.54. The number of aromatic amines is 1. The maximum Gasteiger partial charge on any atom is 0.251 e. The fourth-order valence-electron chi connectivity index (χ4n) is 5.81. The molecule has 194 valence electrons. The number of nitrogens with one attached hydrogen (secondary N) is 1. The zero-order valence-electron chi connectivity index (χ0n) is 21.6. The molecule has 1 N–H and O–H groups in total. The first kappa shape index (κ1) is 24.5. The summed E-state index contributed by atoms with van der Waals surface area (Å²) < 4.78 is 11.5. The van der Waals surface area contributed by atoms with E-state index >= 15 is 0 Å². The quantitative estimate of drug-likeness (QED) is 0.301. The third kappa shape index (κ3) is 4.11. The summed E-state index contributed by atoms with van der Waals surface area (Å²) in [6.07, 6.45) is 1.30. The normalized spacial score (nSPS) is 18.6. The van der Waals surface area contributed by atoms with Crippen LogP contribution in [0.2, 0.25) is 0 Å². The number of nitrogens with zero attached hydrogens (tertiary/aromatic N) is 2. The van der Waals surface area contributed by atoms with Crippen molar-refractivity contribution >= 4 is 34.1 Å². The highest BCUT2D eigenvalue weighted by Crippen LogP contribution is 2.44. The van der Waals surface area contributed by atoms with Crippen LogP contribution in [0.3, 0.4) is 0 Å². The second kappa shape index (κ2) is 10.1. The average Bonchev–Trinajstić information content (AvgIpc) is 3.42. The van der Waals surface area contributed by atoms with E-state index in [9.17, 15) is 4.79 Å². The van der Waals surface area contributed by atoms with Gasteiger partial charge >= 0.3 is 0 Å². The zero-order chi connectivity index (χ0) is 26.2. The first-order valence-corrected chi connectivity index (χ1v) is 13.7. The van der Waals surface area contributed by atoms with E-state index in [0.717, 1.165) is 33.8 Å². The van der Waals surface area contributed by atoms with Crippen molar-refractivity contribution in [3.63, 3.8) is 0 Å². The molecule has 0 aliphatic carbocycles. The molecular formula is C31H31N3O3S. The van der Waals surface area contributed by atoms with E-state index < -0.39 is 0 Å². The molecule has 3 heterocycles. The minimum Gasteiger partial charge on any atom is -0.490 e. The first-order chi connectivity index (χ1) is 18.6. The first-order valence-electron chi connectivity index (χ1n) is 13.3. The molecule has 6 rings (SSSR count). The summed E-state index contributed by atoms with van der Waals surface area (Å²) in [5, 5.41) is 1.77. The lowest BCUT2D eigenvalue weighted by atomic mass is 9.89. The number of amides is 1. The zero-order valence-corrected chi connectivity index (χ0v) is 22.5. The number of carbonyl (C=O) groups is 1. The van der Waals surface area contributed by atoms with Crippen LogP contribution in [0.15, 0.2) is 72.8 Å². The van der Waals surface area contributed by atoms with Gasteiger partial charge in [0.15, 0.2) is 16.6 Å². The predicted molar refractivity (Wildman–Crippen MR) is 153 cm³/mol. The van der Waals surface area contributed by atoms with Gasteiger partial charge in [0.1, 0.15) is 6.04 Å². The maximum absolute atomic E-state index is 13.9. The fraction of sp³-hybridized carbons (Fsp3) is 0.290. The van der Waals surface area contributed by atoms with E-state index in [-0.39, 0.29) is 18.0 Å². The molecule has 38 heavy (non-hydrogen) atoms. The van der Waals surface area contributed by atoms with Crippen molar-refractivity contribution in [1.82, 2.24) is 14.8 Å². The van der Waals surface area contributed by atoms with Crippen LogP contribution in [0.5, 0.6) is 11.5 Å². The van der Waals surface area contributed by atoms with Gasteiger partial charge in [0.2, 0.25) is 0 Å². The van der Waals surface area contributed by atoms with Crippen molar-refractivity contribution < 1.29 is 14.3 Å². The number of aromatic nitrogens is 1. The molecule has 4 aromatic rings. The molecule has 0 bridgehead atoms. The molecule has 0 unspecified atom stereocenters. The highest BCUT2D eigenvalue weighted by atomic mass is 32.1. The van der Waals surface area contributed by atoms with Crippen molar-refractivity contribution in [3.05, 3.63) is 95.2 Å². The van der Waals surface area contributed by atoms with E-state index in [2.05, 4.69) is 40.2 Å². The Morgan fingerprint density at radius 2 is 1.68 bits per heavy atom. The van der Waals surface area contributed by atoms with Gasteiger partial charge in [0.05, 0.1) is 19.3 Å². The molecule has 2 aliphatic rings. The molecule has 7 heteroatoms. The molecule has 0 radical (unpaired) electrons. The van der Waals surface area contributed by atoms with Gasteiger partial charge < -0.3 is 19.4 Å². The molecule has 3 aromatic carbocycles. The highest BCUT2D eigenvalue weighted by Gasteiger charge is 2.50. The molecule has 1 fully saturated rings. The Hall–Kier alpha value is -3.84. The molecule has 1 aromatic heterocycles. The number of para-hydroxylation sites is 1. The van der Waals surface area contributed by atoms with Crippen LogP contribution in [0.4, 0.5) is 0 Å². The largest absolute Gasteiger partial charge is 0.490 e. The van der Waals surface area contributed by atoms with Crippen LogP contribution in [0, 0.1) is 0 Å². The molecule has 6 nitrogen and oxygen atoms in total. The van der Waals surface area contributed by atoms with Gasteiger partial charge in [-0.25, -0.2) is 0 Å². The van der Waals surface area contributed by atoms with Gasteiger partial charge in [-0.1, -0.05) is 54.6 Å². The van der Waals surface area contributed by atoms with Crippen LogP contribution in [0.25, 0.3) is 10.9 Å². The number of benzene rings is 3. The SMILES string of the molecule is CCOc1ccc(CCN2C(=O)[C@@H]3Cc4c([nH]c5ccccc45)[C@H](c4ccccc4)N3C2=S)cc1OCC. The second-order valence-electron chi connectivity index (χ2n) is 9.67. The Morgan fingerprint density at radius 1 is 0.947 bits per heavy atom. The summed E-state index contributed by atoms with van der Waals surface area (Å²) in [5.74, 6) is 1.54. The summed E-state index contributed by atoms with van der Waals surface area (Å²) in [4.78, 5) is 21.5. The van der Waals surface area contributed by atoms with E-state index in [1.807, 2.05) is 56.3 Å². The second-order valence-corrected chi connectivity index (χ2v) is 10.0. The molecule has 2 atom stereocenters. The molecule has 0 spiro atoms. The fourth-order valence-corrected chi connectivity index (χ4v) is 6.22. The van der Waals surface area contributed by atoms with Crippen molar-refractivity contribution in [1.29, 1.82) is 0 Å².